The number of aromatic nitrogens is 3. The van der Waals surface area contributed by atoms with Crippen LogP contribution < -0.4 is 0 Å². The number of hydrogen-bond donors (Lipinski definition) is 0. The van der Waals surface area contributed by atoms with Crippen molar-refractivity contribution in [1.82, 2.24) is 19.5 Å². The van der Waals surface area contributed by atoms with Gasteiger partial charge in [0.05, 0.1) is 24.1 Å². The van der Waals surface area contributed by atoms with Crippen LogP contribution in [-0.2, 0) is 17.8 Å². The van der Waals surface area contributed by atoms with Crippen LogP contribution in [-0.4, -0.2) is 44.6 Å². The smallest absolute Gasteiger partial charge is 0.267 e. The van der Waals surface area contributed by atoms with Gasteiger partial charge in [-0.3, -0.25) is 9.78 Å². The van der Waals surface area contributed by atoms with Gasteiger partial charge in [-0.05, 0) is 42.9 Å². The standard InChI is InChI=1S/C17H22N4O2S/c1-2-6-15-16(24-20-19-15)17(22)21-10-5-8-14(11-21)23-12-13-7-3-4-9-18-13/h3-4,7,9,14H,2,5-6,8,10-12H2,1H3/t14-/m1/s1. The van der Waals surface area contributed by atoms with Gasteiger partial charge in [0, 0.05) is 19.3 Å². The number of likely N-dealkylation sites (tertiary alicyclic amines) is 1. The molecule has 0 spiro atoms. The maximum atomic E-state index is 12.8. The maximum Gasteiger partial charge on any atom is 0.267 e. The van der Waals surface area contributed by atoms with Crippen molar-refractivity contribution in [3.05, 3.63) is 40.7 Å². The SMILES string of the molecule is CCCc1nnsc1C(=O)N1CCC[C@@H](OCc2ccccn2)C1. The van der Waals surface area contributed by atoms with Gasteiger partial charge in [0.25, 0.3) is 5.91 Å². The molecule has 0 unspecified atom stereocenters. The van der Waals surface area contributed by atoms with Crippen LogP contribution in [0.4, 0.5) is 0 Å². The highest BCUT2D eigenvalue weighted by Crippen LogP contribution is 2.20. The minimum Gasteiger partial charge on any atom is -0.370 e. The van der Waals surface area contributed by atoms with Crippen LogP contribution in [0, 0.1) is 0 Å². The Bertz CT molecular complexity index is 662. The topological polar surface area (TPSA) is 68.2 Å². The van der Waals surface area contributed by atoms with Crippen molar-refractivity contribution in [2.75, 3.05) is 13.1 Å². The first-order valence-electron chi connectivity index (χ1n) is 8.40. The molecule has 0 N–H and O–H groups in total. The summed E-state index contributed by atoms with van der Waals surface area (Å²) in [4.78, 5) is 19.6. The van der Waals surface area contributed by atoms with E-state index in [2.05, 4.69) is 21.5 Å². The van der Waals surface area contributed by atoms with E-state index in [1.807, 2.05) is 23.1 Å². The first-order valence-corrected chi connectivity index (χ1v) is 9.17. The molecule has 0 bridgehead atoms. The monoisotopic (exact) mass is 346 g/mol. The first-order chi connectivity index (χ1) is 11.8. The molecule has 2 aromatic heterocycles. The zero-order valence-corrected chi connectivity index (χ0v) is 14.7. The summed E-state index contributed by atoms with van der Waals surface area (Å²) in [6, 6.07) is 5.79. The van der Waals surface area contributed by atoms with Gasteiger partial charge in [-0.2, -0.15) is 0 Å². The average molecular weight is 346 g/mol. The fourth-order valence-corrected chi connectivity index (χ4v) is 3.54. The Morgan fingerprint density at radius 2 is 2.38 bits per heavy atom. The molecular formula is C17H22N4O2S. The third-order valence-electron chi connectivity index (χ3n) is 4.10. The molecule has 0 aliphatic carbocycles. The average Bonchev–Trinajstić information content (AvgIpc) is 3.09. The summed E-state index contributed by atoms with van der Waals surface area (Å²) in [6.45, 7) is 3.95. The summed E-state index contributed by atoms with van der Waals surface area (Å²) in [5.41, 5.74) is 1.74. The zero-order chi connectivity index (χ0) is 16.8. The number of amides is 1. The number of nitrogens with zero attached hydrogens (tertiary/aromatic N) is 4. The second kappa shape index (κ2) is 8.30. The summed E-state index contributed by atoms with van der Waals surface area (Å²) in [5, 5.41) is 4.10. The van der Waals surface area contributed by atoms with E-state index in [1.54, 1.807) is 6.20 Å². The lowest BCUT2D eigenvalue weighted by Crippen LogP contribution is -2.43. The van der Waals surface area contributed by atoms with Gasteiger partial charge in [0.2, 0.25) is 0 Å². The van der Waals surface area contributed by atoms with Gasteiger partial charge < -0.3 is 9.64 Å². The molecule has 1 aliphatic heterocycles. The van der Waals surface area contributed by atoms with Crippen LogP contribution in [0.2, 0.25) is 0 Å². The molecule has 128 valence electrons. The molecule has 2 aromatic rings. The molecule has 1 fully saturated rings. The van der Waals surface area contributed by atoms with Crippen LogP contribution in [0.3, 0.4) is 0 Å². The van der Waals surface area contributed by atoms with Crippen LogP contribution >= 0.6 is 11.5 Å². The number of piperidine rings is 1. The normalized spacial score (nSPS) is 17.9. The minimum atomic E-state index is 0.0413. The highest BCUT2D eigenvalue weighted by Gasteiger charge is 2.28. The van der Waals surface area contributed by atoms with Gasteiger partial charge in [-0.25, -0.2) is 0 Å². The maximum absolute atomic E-state index is 12.8. The highest BCUT2D eigenvalue weighted by atomic mass is 32.1. The molecule has 3 rings (SSSR count). The van der Waals surface area contributed by atoms with Gasteiger partial charge in [-0.15, -0.1) is 5.10 Å². The zero-order valence-electron chi connectivity index (χ0n) is 13.9. The van der Waals surface area contributed by atoms with Crippen LogP contribution in [0.5, 0.6) is 0 Å². The van der Waals surface area contributed by atoms with Crippen LogP contribution in [0.25, 0.3) is 0 Å². The Balaban J connectivity index is 1.58. The van der Waals surface area contributed by atoms with Gasteiger partial charge in [-0.1, -0.05) is 23.9 Å². The van der Waals surface area contributed by atoms with Gasteiger partial charge >= 0.3 is 0 Å². The number of carbonyl (C=O) groups excluding carboxylic acids is 1. The molecule has 1 aliphatic rings. The van der Waals surface area contributed by atoms with E-state index < -0.39 is 0 Å². The van der Waals surface area contributed by atoms with E-state index in [-0.39, 0.29) is 12.0 Å². The van der Waals surface area contributed by atoms with E-state index in [0.717, 1.165) is 43.6 Å². The molecular weight excluding hydrogens is 324 g/mol. The molecule has 6 nitrogen and oxygen atoms in total. The summed E-state index contributed by atoms with van der Waals surface area (Å²) in [6.07, 6.45) is 5.50. The van der Waals surface area contributed by atoms with E-state index in [1.165, 1.54) is 11.5 Å². The van der Waals surface area contributed by atoms with Gasteiger partial charge in [0.15, 0.2) is 0 Å². The van der Waals surface area contributed by atoms with Gasteiger partial charge in [0.1, 0.15) is 4.88 Å². The molecule has 0 saturated carbocycles. The number of hydrogen-bond acceptors (Lipinski definition) is 6. The quantitative estimate of drug-likeness (QED) is 0.804. The second-order valence-corrected chi connectivity index (χ2v) is 6.70. The summed E-state index contributed by atoms with van der Waals surface area (Å²) in [5.74, 6) is 0.0413. The Morgan fingerprint density at radius 1 is 1.46 bits per heavy atom. The molecule has 1 atom stereocenters. The summed E-state index contributed by atoms with van der Waals surface area (Å²) < 4.78 is 9.92. The Labute approximate surface area is 146 Å². The number of rotatable bonds is 6. The Hall–Kier alpha value is -1.86. The minimum absolute atomic E-state index is 0.0413. The predicted molar refractivity (Wildman–Crippen MR) is 91.9 cm³/mol. The second-order valence-electron chi connectivity index (χ2n) is 5.95. The molecule has 1 amide bonds. The lowest BCUT2D eigenvalue weighted by atomic mass is 10.1. The first kappa shape index (κ1) is 17.0. The third-order valence-corrected chi connectivity index (χ3v) is 4.85. The number of carbonyl (C=O) groups is 1. The summed E-state index contributed by atoms with van der Waals surface area (Å²) in [7, 11) is 0. The molecule has 24 heavy (non-hydrogen) atoms. The van der Waals surface area contributed by atoms with Crippen molar-refractivity contribution in [3.8, 4) is 0 Å². The molecule has 0 radical (unpaired) electrons. The van der Waals surface area contributed by atoms with Crippen LogP contribution in [0.1, 0.15) is 47.2 Å². The summed E-state index contributed by atoms with van der Waals surface area (Å²) >= 11 is 1.20. The number of aryl methyl sites for hydroxylation is 1. The van der Waals surface area contributed by atoms with Crippen molar-refractivity contribution in [2.45, 2.75) is 45.3 Å². The molecule has 3 heterocycles. The number of pyridine rings is 1. The molecule has 7 heteroatoms. The lowest BCUT2D eigenvalue weighted by molar-refractivity contribution is -0.00775. The fraction of sp³-hybridized carbons (Fsp3) is 0.529. The van der Waals surface area contributed by atoms with Crippen molar-refractivity contribution in [1.29, 1.82) is 0 Å². The van der Waals surface area contributed by atoms with E-state index >= 15 is 0 Å². The van der Waals surface area contributed by atoms with E-state index in [9.17, 15) is 4.79 Å². The largest absolute Gasteiger partial charge is 0.370 e. The Kier molecular flexibility index (Phi) is 5.87. The van der Waals surface area contributed by atoms with Crippen LogP contribution in [0.15, 0.2) is 24.4 Å². The Morgan fingerprint density at radius 3 is 3.17 bits per heavy atom. The van der Waals surface area contributed by atoms with E-state index in [0.29, 0.717) is 18.0 Å². The van der Waals surface area contributed by atoms with Crippen molar-refractivity contribution >= 4 is 17.4 Å². The van der Waals surface area contributed by atoms with Crippen molar-refractivity contribution in [3.63, 3.8) is 0 Å². The lowest BCUT2D eigenvalue weighted by Gasteiger charge is -2.32. The predicted octanol–water partition coefficient (Wildman–Crippen LogP) is 2.71. The molecule has 0 aromatic carbocycles. The van der Waals surface area contributed by atoms with Crippen molar-refractivity contribution < 1.29 is 9.53 Å². The fourth-order valence-electron chi connectivity index (χ4n) is 2.86. The molecule has 1 saturated heterocycles. The van der Waals surface area contributed by atoms with E-state index in [4.69, 9.17) is 4.74 Å². The highest BCUT2D eigenvalue weighted by molar-refractivity contribution is 7.08. The number of ether oxygens (including phenoxy) is 1. The third kappa shape index (κ3) is 4.15. The van der Waals surface area contributed by atoms with Crippen molar-refractivity contribution in [2.24, 2.45) is 0 Å².